The summed E-state index contributed by atoms with van der Waals surface area (Å²) in [5, 5.41) is 2.72. The lowest BCUT2D eigenvalue weighted by Crippen LogP contribution is -2.26. The van der Waals surface area contributed by atoms with Crippen LogP contribution in [0.1, 0.15) is 21.5 Å². The zero-order chi connectivity index (χ0) is 15.4. The van der Waals surface area contributed by atoms with E-state index in [4.69, 9.17) is 5.73 Å². The maximum absolute atomic E-state index is 13.0. The van der Waals surface area contributed by atoms with Crippen LogP contribution in [0.5, 0.6) is 0 Å². The van der Waals surface area contributed by atoms with Gasteiger partial charge in [0.1, 0.15) is 11.6 Å². The Morgan fingerprint density at radius 3 is 2.43 bits per heavy atom. The van der Waals surface area contributed by atoms with E-state index < -0.39 is 11.6 Å². The van der Waals surface area contributed by atoms with E-state index in [1.54, 1.807) is 25.1 Å². The van der Waals surface area contributed by atoms with Crippen LogP contribution in [-0.4, -0.2) is 12.5 Å². The third-order valence-electron chi connectivity index (χ3n) is 3.12. The molecule has 3 N–H and O–H groups in total. The molecular weight excluding hydrogens is 274 g/mol. The van der Waals surface area contributed by atoms with Gasteiger partial charge >= 0.3 is 0 Å². The summed E-state index contributed by atoms with van der Waals surface area (Å²) in [5.41, 5.74) is 8.05. The molecule has 3 nitrogen and oxygen atoms in total. The molecule has 5 heteroatoms. The summed E-state index contributed by atoms with van der Waals surface area (Å²) in [6.45, 7) is 2.10. The quantitative estimate of drug-likeness (QED) is 0.851. The number of carbonyl (C=O) groups excluding carboxylic acids is 1. The number of hydrogen-bond donors (Lipinski definition) is 2. The molecule has 1 amide bonds. The van der Waals surface area contributed by atoms with Crippen molar-refractivity contribution in [2.24, 2.45) is 0 Å². The highest BCUT2D eigenvalue weighted by atomic mass is 19.1. The van der Waals surface area contributed by atoms with Crippen LogP contribution in [0.3, 0.4) is 0 Å². The van der Waals surface area contributed by atoms with Gasteiger partial charge in [-0.05, 0) is 54.8 Å². The summed E-state index contributed by atoms with van der Waals surface area (Å²) in [7, 11) is 0. The standard InChI is InChI=1S/C16H16F2N2O/c1-10-6-14(19)2-3-15(10)16(21)20-5-4-11-7-12(17)9-13(18)8-11/h2-3,6-9H,4-5,19H2,1H3,(H,20,21). The van der Waals surface area contributed by atoms with Crippen LogP contribution in [0.2, 0.25) is 0 Å². The molecule has 0 aliphatic heterocycles. The second-order valence-corrected chi connectivity index (χ2v) is 4.86. The lowest BCUT2D eigenvalue weighted by atomic mass is 10.1. The van der Waals surface area contributed by atoms with Crippen molar-refractivity contribution in [1.82, 2.24) is 5.32 Å². The highest BCUT2D eigenvalue weighted by Gasteiger charge is 2.08. The van der Waals surface area contributed by atoms with Crippen molar-refractivity contribution >= 4 is 11.6 Å². The number of carbonyl (C=O) groups is 1. The summed E-state index contributed by atoms with van der Waals surface area (Å²) in [6.07, 6.45) is 0.356. The third-order valence-corrected chi connectivity index (χ3v) is 3.12. The zero-order valence-electron chi connectivity index (χ0n) is 11.6. The molecule has 0 fully saturated rings. The molecule has 0 spiro atoms. The predicted molar refractivity (Wildman–Crippen MR) is 78.0 cm³/mol. The highest BCUT2D eigenvalue weighted by molar-refractivity contribution is 5.96. The second kappa shape index (κ2) is 6.35. The minimum atomic E-state index is -0.620. The molecule has 2 aromatic carbocycles. The van der Waals surface area contributed by atoms with E-state index in [2.05, 4.69) is 5.32 Å². The molecule has 0 saturated heterocycles. The summed E-state index contributed by atoms with van der Waals surface area (Å²) < 4.78 is 26.1. The Bertz CT molecular complexity index is 651. The average Bonchev–Trinajstić information content (AvgIpc) is 2.37. The number of rotatable bonds is 4. The van der Waals surface area contributed by atoms with Crippen LogP contribution >= 0.6 is 0 Å². The van der Waals surface area contributed by atoms with E-state index in [1.165, 1.54) is 12.1 Å². The fourth-order valence-corrected chi connectivity index (χ4v) is 2.11. The lowest BCUT2D eigenvalue weighted by molar-refractivity contribution is 0.0953. The van der Waals surface area contributed by atoms with Gasteiger partial charge < -0.3 is 11.1 Å². The topological polar surface area (TPSA) is 55.1 Å². The fourth-order valence-electron chi connectivity index (χ4n) is 2.11. The van der Waals surface area contributed by atoms with Crippen LogP contribution in [-0.2, 0) is 6.42 Å². The number of nitrogens with two attached hydrogens (primary N) is 1. The monoisotopic (exact) mass is 290 g/mol. The minimum Gasteiger partial charge on any atom is -0.399 e. The van der Waals surface area contributed by atoms with Gasteiger partial charge in [-0.2, -0.15) is 0 Å². The number of halogens is 2. The SMILES string of the molecule is Cc1cc(N)ccc1C(=O)NCCc1cc(F)cc(F)c1. The molecular formula is C16H16F2N2O. The molecule has 110 valence electrons. The maximum atomic E-state index is 13.0. The largest absolute Gasteiger partial charge is 0.399 e. The second-order valence-electron chi connectivity index (χ2n) is 4.86. The van der Waals surface area contributed by atoms with E-state index in [0.29, 0.717) is 29.8 Å². The van der Waals surface area contributed by atoms with Gasteiger partial charge in [-0.3, -0.25) is 4.79 Å². The van der Waals surface area contributed by atoms with Gasteiger partial charge in [-0.1, -0.05) is 0 Å². The molecule has 0 aromatic heterocycles. The Morgan fingerprint density at radius 1 is 1.14 bits per heavy atom. The van der Waals surface area contributed by atoms with Crippen molar-refractivity contribution in [2.75, 3.05) is 12.3 Å². The van der Waals surface area contributed by atoms with Gasteiger partial charge in [0.05, 0.1) is 0 Å². The normalized spacial score (nSPS) is 10.4. The number of benzene rings is 2. The van der Waals surface area contributed by atoms with E-state index >= 15 is 0 Å². The summed E-state index contributed by atoms with van der Waals surface area (Å²) in [5.74, 6) is -1.47. The number of nitrogens with one attached hydrogen (secondary N) is 1. The van der Waals surface area contributed by atoms with Crippen molar-refractivity contribution < 1.29 is 13.6 Å². The molecule has 0 aliphatic rings. The molecule has 2 rings (SSSR count). The molecule has 0 atom stereocenters. The van der Waals surface area contributed by atoms with Crippen LogP contribution in [0.4, 0.5) is 14.5 Å². The van der Waals surface area contributed by atoms with Gasteiger partial charge in [0.15, 0.2) is 0 Å². The first kappa shape index (κ1) is 15.0. The van der Waals surface area contributed by atoms with Gasteiger partial charge in [0.25, 0.3) is 5.91 Å². The Labute approximate surface area is 121 Å². The Kier molecular flexibility index (Phi) is 4.52. The lowest BCUT2D eigenvalue weighted by Gasteiger charge is -2.08. The third kappa shape index (κ3) is 4.02. The first-order valence-corrected chi connectivity index (χ1v) is 6.55. The van der Waals surface area contributed by atoms with E-state index in [9.17, 15) is 13.6 Å². The highest BCUT2D eigenvalue weighted by Crippen LogP contribution is 2.12. The van der Waals surface area contributed by atoms with Crippen LogP contribution in [0, 0.1) is 18.6 Å². The average molecular weight is 290 g/mol. The number of amides is 1. The molecule has 0 heterocycles. The summed E-state index contributed by atoms with van der Waals surface area (Å²) >= 11 is 0. The first-order chi connectivity index (χ1) is 9.95. The number of anilines is 1. The molecule has 0 aliphatic carbocycles. The van der Waals surface area contributed by atoms with Gasteiger partial charge in [0.2, 0.25) is 0 Å². The van der Waals surface area contributed by atoms with Gasteiger partial charge in [0, 0.05) is 23.9 Å². The van der Waals surface area contributed by atoms with E-state index in [1.807, 2.05) is 0 Å². The predicted octanol–water partition coefficient (Wildman–Crippen LogP) is 2.83. The van der Waals surface area contributed by atoms with Crippen molar-refractivity contribution in [2.45, 2.75) is 13.3 Å². The number of hydrogen-bond acceptors (Lipinski definition) is 2. The minimum absolute atomic E-state index is 0.232. The van der Waals surface area contributed by atoms with Crippen LogP contribution in [0.25, 0.3) is 0 Å². The molecule has 0 unspecified atom stereocenters. The Morgan fingerprint density at radius 2 is 1.81 bits per heavy atom. The Hall–Kier alpha value is -2.43. The van der Waals surface area contributed by atoms with Crippen molar-refractivity contribution in [3.05, 3.63) is 64.7 Å². The zero-order valence-corrected chi connectivity index (χ0v) is 11.6. The Balaban J connectivity index is 1.95. The van der Waals surface area contributed by atoms with E-state index in [0.717, 1.165) is 11.6 Å². The maximum Gasteiger partial charge on any atom is 0.251 e. The summed E-state index contributed by atoms with van der Waals surface area (Å²) in [6, 6.07) is 8.36. The van der Waals surface area contributed by atoms with E-state index in [-0.39, 0.29) is 5.91 Å². The number of nitrogen functional groups attached to an aromatic ring is 1. The summed E-state index contributed by atoms with van der Waals surface area (Å²) in [4.78, 5) is 12.0. The van der Waals surface area contributed by atoms with Crippen molar-refractivity contribution in [1.29, 1.82) is 0 Å². The van der Waals surface area contributed by atoms with Crippen molar-refractivity contribution in [3.63, 3.8) is 0 Å². The number of aryl methyl sites for hydroxylation is 1. The fraction of sp³-hybridized carbons (Fsp3) is 0.188. The van der Waals surface area contributed by atoms with Crippen LogP contribution < -0.4 is 11.1 Å². The molecule has 2 aromatic rings. The molecule has 21 heavy (non-hydrogen) atoms. The molecule has 0 radical (unpaired) electrons. The van der Waals surface area contributed by atoms with Crippen molar-refractivity contribution in [3.8, 4) is 0 Å². The molecule has 0 saturated carbocycles. The molecule has 0 bridgehead atoms. The van der Waals surface area contributed by atoms with Gasteiger partial charge in [-0.25, -0.2) is 8.78 Å². The van der Waals surface area contributed by atoms with Gasteiger partial charge in [-0.15, -0.1) is 0 Å². The van der Waals surface area contributed by atoms with Crippen LogP contribution in [0.15, 0.2) is 36.4 Å². The smallest absolute Gasteiger partial charge is 0.251 e. The first-order valence-electron chi connectivity index (χ1n) is 6.55.